The second-order valence-electron chi connectivity index (χ2n) is 34.0. The van der Waals surface area contributed by atoms with Crippen molar-refractivity contribution in [3.05, 3.63) is 47.6 Å². The van der Waals surface area contributed by atoms with Gasteiger partial charge in [-0.2, -0.15) is 19.9 Å². The Kier molecular flexibility index (Phi) is 30.2. The van der Waals surface area contributed by atoms with E-state index in [2.05, 4.69) is 119 Å². The van der Waals surface area contributed by atoms with Gasteiger partial charge in [0.25, 0.3) is 0 Å². The monoisotopic (exact) mass is 1580 g/mol. The number of anilines is 4. The lowest BCUT2D eigenvalue weighted by molar-refractivity contribution is 0.0274. The smallest absolute Gasteiger partial charge is 0.410 e. The first kappa shape index (κ1) is 85.0. The highest BCUT2D eigenvalue weighted by molar-refractivity contribution is 5.68. The van der Waals surface area contributed by atoms with Crippen molar-refractivity contribution in [2.24, 2.45) is 23.7 Å². The number of ether oxygens (including phenoxy) is 5. The number of piperidine rings is 4. The molecule has 15 rings (SSSR count). The molecule has 7 atom stereocenters. The van der Waals surface area contributed by atoms with Crippen molar-refractivity contribution < 1.29 is 28.5 Å². The number of amides is 1. The van der Waals surface area contributed by atoms with Crippen molar-refractivity contribution >= 4 is 52.0 Å². The van der Waals surface area contributed by atoms with Gasteiger partial charge in [0, 0.05) is 44.3 Å². The lowest BCUT2D eigenvalue weighted by atomic mass is 9.91. The summed E-state index contributed by atoms with van der Waals surface area (Å²) in [6.07, 6.45) is 32.5. The van der Waals surface area contributed by atoms with Gasteiger partial charge in [-0.25, -0.2) is 42.8 Å². The molecule has 11 N–H and O–H groups in total. The van der Waals surface area contributed by atoms with E-state index < -0.39 is 5.60 Å². The first-order valence-electron chi connectivity index (χ1n) is 43.1. The van der Waals surface area contributed by atoms with Crippen LogP contribution in [-0.2, 0) is 30.4 Å². The predicted molar refractivity (Wildman–Crippen MR) is 443 cm³/mol. The molecule has 0 spiro atoms. The molecule has 8 aromatic rings. The lowest BCUT2D eigenvalue weighted by Gasteiger charge is -2.36. The SMILES string of the molecule is CCC[C@H](C)Oc1nc(N)c2ncc(CC3CCN(C4CCN(C(=O)OC(C)(C)C)C4)CC3)n2n1.CCC[C@H](C)Oc1nc(N)c2ncc(CC3CCN(C4CCNC4)CC3)n2n1.CCC[C@H](C)Oc1nc(N)c2ncc(CC3CCN(C4CCNC4)CC3)n2n1.CCC[C@H](C)Oc1nc(N)c2ncc(CC3CCNCC3)n2n1. The molecule has 33 heteroatoms. The summed E-state index contributed by atoms with van der Waals surface area (Å²) in [5, 5.41) is 28.6. The summed E-state index contributed by atoms with van der Waals surface area (Å²) < 4.78 is 36.2. The number of hydrogen-bond donors (Lipinski definition) is 7. The van der Waals surface area contributed by atoms with E-state index >= 15 is 0 Å². The number of hydrogen-bond acceptors (Lipinski definition) is 28. The van der Waals surface area contributed by atoms with Gasteiger partial charge in [0.15, 0.2) is 45.9 Å². The molecule has 3 unspecified atom stereocenters. The first-order valence-corrected chi connectivity index (χ1v) is 43.1. The second kappa shape index (κ2) is 40.5. The van der Waals surface area contributed by atoms with Gasteiger partial charge in [0.1, 0.15) is 5.60 Å². The first-order chi connectivity index (χ1) is 55.1. The molecule has 0 aromatic carbocycles. The van der Waals surface area contributed by atoms with Gasteiger partial charge in [-0.15, -0.1) is 20.4 Å². The standard InChI is InChI=1S/C25H41N7O3.2C20H33N7O.C16H26N6O/c1-6-7-17(2)34-23-28-21(26)22-27-15-20(32(22)29-23)14-18-8-11-30(12-9-18)19-10-13-31(16-19)24(33)35-25(3,4)5;2*1-3-4-14(2)28-20-24-18(21)19-23-13-17(27(19)25-20)11-15-6-9-26(10-7-15)16-5-8-22-12-16;1-3-4-11(2)23-16-20-14(17)15-19-10-13(22(15)21-16)9-12-5-7-18-8-6-12/h15,17-19H,6-14,16H2,1-5H3,(H2,26,28,29);2*13-16,22H,3-12H2,1-2H3,(H2,21,24,25);10-12,18H,3-9H2,1-2H3,(H2,17,20,21)/t17-,19?;2*14-,16?;11-/m0000/s1. The molecule has 7 saturated heterocycles. The number of carbonyl (C=O) groups excluding carboxylic acids is 1. The van der Waals surface area contributed by atoms with Crippen LogP contribution in [0.15, 0.2) is 24.8 Å². The summed E-state index contributed by atoms with van der Waals surface area (Å²) in [5.41, 5.74) is 30.7. The van der Waals surface area contributed by atoms with E-state index in [4.69, 9.17) is 46.6 Å². The molecule has 15 heterocycles. The Morgan fingerprint density at radius 1 is 0.412 bits per heavy atom. The van der Waals surface area contributed by atoms with Crippen molar-refractivity contribution in [2.45, 2.75) is 272 Å². The second-order valence-corrected chi connectivity index (χ2v) is 34.0. The molecule has 0 radical (unpaired) electrons. The highest BCUT2D eigenvalue weighted by atomic mass is 16.6. The van der Waals surface area contributed by atoms with E-state index in [1.165, 1.54) is 77.5 Å². The van der Waals surface area contributed by atoms with Crippen LogP contribution in [0, 0.1) is 23.7 Å². The minimum Gasteiger partial charge on any atom is -0.459 e. The van der Waals surface area contributed by atoms with Gasteiger partial charge < -0.3 is 67.5 Å². The third-order valence-electron chi connectivity index (χ3n) is 23.6. The highest BCUT2D eigenvalue weighted by Gasteiger charge is 2.36. The van der Waals surface area contributed by atoms with Gasteiger partial charge >= 0.3 is 30.1 Å². The molecule has 114 heavy (non-hydrogen) atoms. The van der Waals surface area contributed by atoms with Crippen LogP contribution in [0.4, 0.5) is 28.1 Å². The fourth-order valence-electron chi connectivity index (χ4n) is 17.3. The van der Waals surface area contributed by atoms with Crippen LogP contribution in [0.5, 0.6) is 24.0 Å². The molecule has 628 valence electrons. The summed E-state index contributed by atoms with van der Waals surface area (Å²) in [6, 6.07) is 3.20. The Bertz CT molecular complexity index is 4160. The molecule has 0 bridgehead atoms. The molecule has 1 amide bonds. The number of carbonyl (C=O) groups is 1. The fraction of sp³-hybridized carbons (Fsp3) is 0.741. The van der Waals surface area contributed by atoms with Crippen LogP contribution in [0.1, 0.15) is 221 Å². The highest BCUT2D eigenvalue weighted by Crippen LogP contribution is 2.32. The molecular weight excluding hydrogens is 1450 g/mol. The van der Waals surface area contributed by atoms with Gasteiger partial charge in [-0.1, -0.05) is 53.4 Å². The van der Waals surface area contributed by atoms with Crippen LogP contribution in [0.3, 0.4) is 0 Å². The topological polar surface area (TPSA) is 389 Å². The zero-order valence-corrected chi connectivity index (χ0v) is 70.0. The number of nitrogens with zero attached hydrogens (tertiary/aromatic N) is 20. The van der Waals surface area contributed by atoms with Crippen LogP contribution in [-0.4, -0.2) is 244 Å². The van der Waals surface area contributed by atoms with Gasteiger partial charge in [-0.05, 0) is 260 Å². The van der Waals surface area contributed by atoms with Gasteiger partial charge in [-0.3, -0.25) is 14.7 Å². The largest absolute Gasteiger partial charge is 0.459 e. The normalized spacial score (nSPS) is 21.1. The van der Waals surface area contributed by atoms with E-state index in [1.807, 2.05) is 87.2 Å². The van der Waals surface area contributed by atoms with Gasteiger partial charge in [0.05, 0.1) is 72.0 Å². The molecule has 0 aliphatic carbocycles. The zero-order chi connectivity index (χ0) is 80.4. The average Bonchev–Trinajstić information content (AvgIpc) is 1.65. The molecule has 7 aliphatic rings. The maximum atomic E-state index is 12.4. The number of nitrogens with one attached hydrogen (secondary N) is 3. The number of fused-ring (bicyclic) bond motifs is 4. The van der Waals surface area contributed by atoms with Crippen LogP contribution in [0.2, 0.25) is 0 Å². The Morgan fingerprint density at radius 3 is 0.982 bits per heavy atom. The molecule has 7 aliphatic heterocycles. The van der Waals surface area contributed by atoms with Crippen LogP contribution < -0.4 is 57.8 Å². The summed E-state index contributed by atoms with van der Waals surface area (Å²) in [7, 11) is 0. The van der Waals surface area contributed by atoms with E-state index in [9.17, 15) is 4.79 Å². The third kappa shape index (κ3) is 23.0. The Labute approximate surface area is 673 Å². The molecule has 33 nitrogen and oxygen atoms in total. The van der Waals surface area contributed by atoms with Crippen LogP contribution in [0.25, 0.3) is 22.6 Å². The van der Waals surface area contributed by atoms with Crippen molar-refractivity contribution in [3.63, 3.8) is 0 Å². The fourth-order valence-corrected chi connectivity index (χ4v) is 17.3. The lowest BCUT2D eigenvalue weighted by Crippen LogP contribution is -2.44. The van der Waals surface area contributed by atoms with Crippen LogP contribution >= 0.6 is 0 Å². The van der Waals surface area contributed by atoms with E-state index in [-0.39, 0.29) is 30.5 Å². The Morgan fingerprint density at radius 2 is 0.702 bits per heavy atom. The molecular formula is C81H133N27O6. The average molecular weight is 1580 g/mol. The molecule has 8 aromatic heterocycles. The number of imidazole rings is 4. The Balaban J connectivity index is 0.000000142. The Hall–Kier alpha value is -8.37. The molecule has 7 fully saturated rings. The minimum atomic E-state index is -0.457. The van der Waals surface area contributed by atoms with Crippen molar-refractivity contribution in [1.82, 2.24) is 114 Å². The number of aromatic nitrogens is 16. The minimum absolute atomic E-state index is 0.0370. The van der Waals surface area contributed by atoms with E-state index in [1.54, 1.807) is 9.03 Å². The predicted octanol–water partition coefficient (Wildman–Crippen LogP) is 9.13. The van der Waals surface area contributed by atoms with E-state index in [0.717, 1.165) is 197 Å². The zero-order valence-electron chi connectivity index (χ0n) is 70.0. The summed E-state index contributed by atoms with van der Waals surface area (Å²) >= 11 is 0. The maximum absolute atomic E-state index is 12.4. The number of likely N-dealkylation sites (tertiary alicyclic amines) is 4. The third-order valence-corrected chi connectivity index (χ3v) is 23.6. The maximum Gasteiger partial charge on any atom is 0.410 e. The van der Waals surface area contributed by atoms with Crippen molar-refractivity contribution in [1.29, 1.82) is 0 Å². The molecule has 0 saturated carbocycles. The summed E-state index contributed by atoms with van der Waals surface area (Å²) in [5.74, 6) is 4.00. The number of nitrogens with two attached hydrogens (primary N) is 4. The number of nitrogen functional groups attached to an aromatic ring is 4. The summed E-state index contributed by atoms with van der Waals surface area (Å²) in [4.78, 5) is 57.0. The van der Waals surface area contributed by atoms with E-state index in [0.29, 0.717) is 99.6 Å². The number of rotatable bonds is 27. The van der Waals surface area contributed by atoms with Gasteiger partial charge in [0.2, 0.25) is 0 Å². The van der Waals surface area contributed by atoms with Crippen molar-refractivity contribution in [3.8, 4) is 24.0 Å². The summed E-state index contributed by atoms with van der Waals surface area (Å²) in [6.45, 7) is 37.5. The quantitative estimate of drug-likeness (QED) is 0.0252. The van der Waals surface area contributed by atoms with Crippen molar-refractivity contribution in [2.75, 3.05) is 115 Å².